The van der Waals surface area contributed by atoms with Gasteiger partial charge in [0.15, 0.2) is 0 Å². The summed E-state index contributed by atoms with van der Waals surface area (Å²) in [6.45, 7) is 6.24. The van der Waals surface area contributed by atoms with Crippen LogP contribution in [-0.2, 0) is 4.79 Å². The normalized spacial score (nSPS) is 25.0. The highest BCUT2D eigenvalue weighted by Crippen LogP contribution is 2.26. The van der Waals surface area contributed by atoms with Crippen LogP contribution in [0.2, 0.25) is 0 Å². The van der Waals surface area contributed by atoms with Crippen LogP contribution in [0.4, 0.5) is 0 Å². The van der Waals surface area contributed by atoms with Gasteiger partial charge >= 0.3 is 0 Å². The third-order valence-electron chi connectivity index (χ3n) is 5.16. The Labute approximate surface area is 124 Å². The molecule has 2 rings (SSSR count). The number of carbonyl (C=O) groups is 1. The average molecular weight is 280 g/mol. The molecule has 0 radical (unpaired) electrons. The third-order valence-corrected chi connectivity index (χ3v) is 5.16. The molecule has 116 valence electrons. The van der Waals surface area contributed by atoms with Crippen molar-refractivity contribution in [3.05, 3.63) is 0 Å². The maximum Gasteiger partial charge on any atom is 0.239 e. The molecule has 1 saturated heterocycles. The van der Waals surface area contributed by atoms with E-state index >= 15 is 0 Å². The summed E-state index contributed by atoms with van der Waals surface area (Å²) >= 11 is 0. The molecular weight excluding hydrogens is 248 g/mol. The highest BCUT2D eigenvalue weighted by Gasteiger charge is 2.26. The SMILES string of the molecule is CC(NC(C)C1CCCCC1)C(=O)N1CCCCCC1. The fourth-order valence-corrected chi connectivity index (χ4v) is 3.80. The zero-order valence-electron chi connectivity index (χ0n) is 13.4. The summed E-state index contributed by atoms with van der Waals surface area (Å²) in [6, 6.07) is 0.450. The molecule has 1 aliphatic carbocycles. The second-order valence-corrected chi connectivity index (χ2v) is 6.81. The van der Waals surface area contributed by atoms with Crippen molar-refractivity contribution in [1.29, 1.82) is 0 Å². The number of rotatable bonds is 4. The van der Waals surface area contributed by atoms with Crippen LogP contribution in [0.3, 0.4) is 0 Å². The fraction of sp³-hybridized carbons (Fsp3) is 0.941. The minimum atomic E-state index is -0.0231. The van der Waals surface area contributed by atoms with Crippen LogP contribution in [0.25, 0.3) is 0 Å². The molecule has 3 nitrogen and oxygen atoms in total. The Morgan fingerprint density at radius 2 is 1.50 bits per heavy atom. The van der Waals surface area contributed by atoms with E-state index in [1.54, 1.807) is 0 Å². The Morgan fingerprint density at radius 3 is 2.10 bits per heavy atom. The number of hydrogen-bond donors (Lipinski definition) is 1. The van der Waals surface area contributed by atoms with Crippen LogP contribution in [0.5, 0.6) is 0 Å². The second-order valence-electron chi connectivity index (χ2n) is 6.81. The van der Waals surface area contributed by atoms with Gasteiger partial charge in [-0.05, 0) is 45.4 Å². The van der Waals surface area contributed by atoms with Crippen LogP contribution in [0.15, 0.2) is 0 Å². The van der Waals surface area contributed by atoms with Gasteiger partial charge in [0.25, 0.3) is 0 Å². The van der Waals surface area contributed by atoms with Crippen molar-refractivity contribution < 1.29 is 4.79 Å². The van der Waals surface area contributed by atoms with E-state index < -0.39 is 0 Å². The third kappa shape index (κ3) is 4.47. The largest absolute Gasteiger partial charge is 0.341 e. The first kappa shape index (κ1) is 15.8. The van der Waals surface area contributed by atoms with Crippen LogP contribution in [0, 0.1) is 5.92 Å². The van der Waals surface area contributed by atoms with E-state index in [4.69, 9.17) is 0 Å². The molecule has 1 N–H and O–H groups in total. The van der Waals surface area contributed by atoms with Crippen LogP contribution < -0.4 is 5.32 Å². The fourth-order valence-electron chi connectivity index (χ4n) is 3.80. The highest BCUT2D eigenvalue weighted by molar-refractivity contribution is 5.81. The van der Waals surface area contributed by atoms with Gasteiger partial charge in [-0.1, -0.05) is 32.1 Å². The zero-order chi connectivity index (χ0) is 14.4. The summed E-state index contributed by atoms with van der Waals surface area (Å²) < 4.78 is 0. The van der Waals surface area contributed by atoms with Gasteiger partial charge in [0, 0.05) is 19.1 Å². The summed E-state index contributed by atoms with van der Waals surface area (Å²) in [6.07, 6.45) is 11.7. The van der Waals surface area contributed by atoms with Crippen molar-refractivity contribution in [3.8, 4) is 0 Å². The van der Waals surface area contributed by atoms with Gasteiger partial charge in [-0.25, -0.2) is 0 Å². The number of carbonyl (C=O) groups excluding carboxylic acids is 1. The molecule has 0 aromatic rings. The summed E-state index contributed by atoms with van der Waals surface area (Å²) in [5.41, 5.74) is 0. The standard InChI is InChI=1S/C17H32N2O/c1-14(16-10-6-5-7-11-16)18-15(2)17(20)19-12-8-3-4-9-13-19/h14-16,18H,3-13H2,1-2H3. The molecule has 2 aliphatic rings. The van der Waals surface area contributed by atoms with E-state index in [-0.39, 0.29) is 6.04 Å². The summed E-state index contributed by atoms with van der Waals surface area (Å²) in [5.74, 6) is 1.08. The smallest absolute Gasteiger partial charge is 0.239 e. The van der Waals surface area contributed by atoms with Gasteiger partial charge in [-0.2, -0.15) is 0 Å². The van der Waals surface area contributed by atoms with E-state index in [1.807, 2.05) is 6.92 Å². The Balaban J connectivity index is 1.79. The number of amides is 1. The van der Waals surface area contributed by atoms with Gasteiger partial charge in [0.05, 0.1) is 6.04 Å². The molecule has 2 fully saturated rings. The maximum absolute atomic E-state index is 12.5. The van der Waals surface area contributed by atoms with Crippen LogP contribution in [0.1, 0.15) is 71.6 Å². The molecule has 1 heterocycles. The molecule has 0 bridgehead atoms. The van der Waals surface area contributed by atoms with Gasteiger partial charge in [0.1, 0.15) is 0 Å². The molecule has 1 aliphatic heterocycles. The minimum Gasteiger partial charge on any atom is -0.341 e. The Morgan fingerprint density at radius 1 is 0.950 bits per heavy atom. The lowest BCUT2D eigenvalue weighted by Gasteiger charge is -2.32. The summed E-state index contributed by atoms with van der Waals surface area (Å²) in [5, 5.41) is 3.58. The van der Waals surface area contributed by atoms with E-state index in [2.05, 4.69) is 17.1 Å². The van der Waals surface area contributed by atoms with Crippen LogP contribution >= 0.6 is 0 Å². The van der Waals surface area contributed by atoms with Crippen molar-refractivity contribution in [3.63, 3.8) is 0 Å². The van der Waals surface area contributed by atoms with E-state index in [1.165, 1.54) is 57.8 Å². The quantitative estimate of drug-likeness (QED) is 0.856. The molecule has 0 spiro atoms. The lowest BCUT2D eigenvalue weighted by atomic mass is 9.84. The predicted octanol–water partition coefficient (Wildman–Crippen LogP) is 3.34. The summed E-state index contributed by atoms with van der Waals surface area (Å²) in [4.78, 5) is 14.6. The van der Waals surface area contributed by atoms with Gasteiger partial charge in [-0.3, -0.25) is 4.79 Å². The Bertz CT molecular complexity index is 291. The first-order valence-electron chi connectivity index (χ1n) is 8.73. The first-order valence-corrected chi connectivity index (χ1v) is 8.73. The first-order chi connectivity index (χ1) is 9.68. The minimum absolute atomic E-state index is 0.0231. The number of likely N-dealkylation sites (tertiary alicyclic amines) is 1. The van der Waals surface area contributed by atoms with E-state index in [9.17, 15) is 4.79 Å². The van der Waals surface area contributed by atoms with E-state index in [0.29, 0.717) is 11.9 Å². The monoisotopic (exact) mass is 280 g/mol. The van der Waals surface area contributed by atoms with Gasteiger partial charge < -0.3 is 10.2 Å². The molecule has 1 amide bonds. The Hall–Kier alpha value is -0.570. The maximum atomic E-state index is 12.5. The predicted molar refractivity (Wildman–Crippen MR) is 83.7 cm³/mol. The van der Waals surface area contributed by atoms with Gasteiger partial charge in [-0.15, -0.1) is 0 Å². The molecule has 2 atom stereocenters. The molecule has 0 aromatic heterocycles. The number of hydrogen-bond acceptors (Lipinski definition) is 2. The lowest BCUT2D eigenvalue weighted by Crippen LogP contribution is -2.49. The van der Waals surface area contributed by atoms with Crippen molar-refractivity contribution in [2.75, 3.05) is 13.1 Å². The highest BCUT2D eigenvalue weighted by atomic mass is 16.2. The molecule has 2 unspecified atom stereocenters. The Kier molecular flexibility index (Phi) is 6.34. The van der Waals surface area contributed by atoms with Crippen LogP contribution in [-0.4, -0.2) is 36.0 Å². The molecule has 3 heteroatoms. The van der Waals surface area contributed by atoms with Crippen molar-refractivity contribution >= 4 is 5.91 Å². The zero-order valence-corrected chi connectivity index (χ0v) is 13.4. The second kappa shape index (κ2) is 8.02. The number of nitrogens with one attached hydrogen (secondary N) is 1. The number of nitrogens with zero attached hydrogens (tertiary/aromatic N) is 1. The topological polar surface area (TPSA) is 32.3 Å². The molecular formula is C17H32N2O. The average Bonchev–Trinajstić information content (AvgIpc) is 2.76. The van der Waals surface area contributed by atoms with Crippen molar-refractivity contribution in [2.24, 2.45) is 5.92 Å². The van der Waals surface area contributed by atoms with E-state index in [0.717, 1.165) is 19.0 Å². The molecule has 1 saturated carbocycles. The van der Waals surface area contributed by atoms with Crippen molar-refractivity contribution in [2.45, 2.75) is 83.7 Å². The molecule has 0 aromatic carbocycles. The van der Waals surface area contributed by atoms with Crippen molar-refractivity contribution in [1.82, 2.24) is 10.2 Å². The van der Waals surface area contributed by atoms with Gasteiger partial charge in [0.2, 0.25) is 5.91 Å². The summed E-state index contributed by atoms with van der Waals surface area (Å²) in [7, 11) is 0. The lowest BCUT2D eigenvalue weighted by molar-refractivity contribution is -0.133. The molecule has 20 heavy (non-hydrogen) atoms.